The topological polar surface area (TPSA) is 64.3 Å². The van der Waals surface area contributed by atoms with Gasteiger partial charge in [0.15, 0.2) is 0 Å². The van der Waals surface area contributed by atoms with Gasteiger partial charge in [-0.1, -0.05) is 13.8 Å². The van der Waals surface area contributed by atoms with E-state index in [1.807, 2.05) is 19.2 Å². The van der Waals surface area contributed by atoms with E-state index < -0.39 is 0 Å². The first-order valence-corrected chi connectivity index (χ1v) is 6.63. The third-order valence-electron chi connectivity index (χ3n) is 3.06. The van der Waals surface area contributed by atoms with Gasteiger partial charge in [0, 0.05) is 12.1 Å². The number of methoxy groups -OCH3 is 1. The molecule has 0 aliphatic carbocycles. The SMILES string of the molecule is CCC(N)(CC)CNC(=O)c1sccc1OC.Cl. The van der Waals surface area contributed by atoms with Crippen LogP contribution < -0.4 is 15.8 Å². The fraction of sp³-hybridized carbons (Fsp3) is 0.583. The van der Waals surface area contributed by atoms with E-state index >= 15 is 0 Å². The molecule has 0 atom stereocenters. The van der Waals surface area contributed by atoms with Crippen molar-refractivity contribution >= 4 is 29.7 Å². The summed E-state index contributed by atoms with van der Waals surface area (Å²) in [5.74, 6) is 0.497. The molecule has 0 unspecified atom stereocenters. The van der Waals surface area contributed by atoms with Gasteiger partial charge in [0.1, 0.15) is 10.6 Å². The van der Waals surface area contributed by atoms with Crippen molar-refractivity contribution in [1.82, 2.24) is 5.32 Å². The quantitative estimate of drug-likeness (QED) is 0.846. The molecule has 6 heteroatoms. The van der Waals surface area contributed by atoms with E-state index in [1.54, 1.807) is 13.2 Å². The molecule has 104 valence electrons. The first kappa shape index (κ1) is 17.2. The zero-order valence-electron chi connectivity index (χ0n) is 11.0. The Morgan fingerprint density at radius 1 is 1.50 bits per heavy atom. The number of hydrogen-bond donors (Lipinski definition) is 2. The fourth-order valence-electron chi connectivity index (χ4n) is 1.46. The van der Waals surface area contributed by atoms with E-state index in [2.05, 4.69) is 5.32 Å². The van der Waals surface area contributed by atoms with Gasteiger partial charge in [0.05, 0.1) is 7.11 Å². The molecule has 1 heterocycles. The summed E-state index contributed by atoms with van der Waals surface area (Å²) in [6.07, 6.45) is 1.68. The van der Waals surface area contributed by atoms with Crippen LogP contribution in [0.1, 0.15) is 36.4 Å². The van der Waals surface area contributed by atoms with Gasteiger partial charge in [-0.05, 0) is 24.3 Å². The number of nitrogens with two attached hydrogens (primary N) is 1. The fourth-order valence-corrected chi connectivity index (χ4v) is 2.23. The Morgan fingerprint density at radius 3 is 2.61 bits per heavy atom. The van der Waals surface area contributed by atoms with E-state index in [4.69, 9.17) is 10.5 Å². The maximum absolute atomic E-state index is 11.9. The molecule has 0 fully saturated rings. The Bertz CT molecular complexity index is 378. The average Bonchev–Trinajstić information content (AvgIpc) is 2.83. The van der Waals surface area contributed by atoms with Crippen LogP contribution in [0.15, 0.2) is 11.4 Å². The van der Waals surface area contributed by atoms with Crippen molar-refractivity contribution in [2.24, 2.45) is 5.73 Å². The van der Waals surface area contributed by atoms with Gasteiger partial charge in [0.2, 0.25) is 0 Å². The van der Waals surface area contributed by atoms with Crippen LogP contribution in [-0.4, -0.2) is 25.1 Å². The Hall–Kier alpha value is -0.780. The number of carbonyl (C=O) groups is 1. The van der Waals surface area contributed by atoms with Crippen LogP contribution in [0.25, 0.3) is 0 Å². The third-order valence-corrected chi connectivity index (χ3v) is 3.96. The highest BCUT2D eigenvalue weighted by atomic mass is 35.5. The Morgan fingerprint density at radius 2 is 2.11 bits per heavy atom. The van der Waals surface area contributed by atoms with Gasteiger partial charge in [-0.15, -0.1) is 23.7 Å². The molecule has 0 saturated carbocycles. The largest absolute Gasteiger partial charge is 0.495 e. The number of amides is 1. The number of thiophene rings is 1. The molecule has 0 saturated heterocycles. The number of halogens is 1. The summed E-state index contributed by atoms with van der Waals surface area (Å²) < 4.78 is 5.11. The highest BCUT2D eigenvalue weighted by Gasteiger charge is 2.22. The van der Waals surface area contributed by atoms with Crippen LogP contribution in [-0.2, 0) is 0 Å². The average molecular weight is 293 g/mol. The number of nitrogens with one attached hydrogen (secondary N) is 1. The van der Waals surface area contributed by atoms with E-state index in [0.717, 1.165) is 12.8 Å². The summed E-state index contributed by atoms with van der Waals surface area (Å²) in [6.45, 7) is 4.54. The van der Waals surface area contributed by atoms with Crippen LogP contribution >= 0.6 is 23.7 Å². The van der Waals surface area contributed by atoms with E-state index in [-0.39, 0.29) is 23.9 Å². The van der Waals surface area contributed by atoms with E-state index in [1.165, 1.54) is 11.3 Å². The second-order valence-electron chi connectivity index (χ2n) is 4.07. The smallest absolute Gasteiger partial charge is 0.265 e. The van der Waals surface area contributed by atoms with Crippen LogP contribution in [0, 0.1) is 0 Å². The minimum absolute atomic E-state index is 0. The molecule has 0 aromatic carbocycles. The van der Waals surface area contributed by atoms with Crippen molar-refractivity contribution < 1.29 is 9.53 Å². The maximum atomic E-state index is 11.9. The lowest BCUT2D eigenvalue weighted by Gasteiger charge is -2.26. The lowest BCUT2D eigenvalue weighted by molar-refractivity contribution is 0.0943. The second-order valence-corrected chi connectivity index (χ2v) is 4.99. The first-order valence-electron chi connectivity index (χ1n) is 5.75. The van der Waals surface area contributed by atoms with Crippen LogP contribution in [0.2, 0.25) is 0 Å². The predicted molar refractivity (Wildman–Crippen MR) is 78.0 cm³/mol. The lowest BCUT2D eigenvalue weighted by atomic mass is 9.94. The molecule has 4 nitrogen and oxygen atoms in total. The number of hydrogen-bond acceptors (Lipinski definition) is 4. The molecule has 18 heavy (non-hydrogen) atoms. The zero-order chi connectivity index (χ0) is 12.9. The summed E-state index contributed by atoms with van der Waals surface area (Å²) in [5.41, 5.74) is 5.81. The lowest BCUT2D eigenvalue weighted by Crippen LogP contribution is -2.49. The molecular weight excluding hydrogens is 272 g/mol. The monoisotopic (exact) mass is 292 g/mol. The van der Waals surface area contributed by atoms with Gasteiger partial charge in [-0.2, -0.15) is 0 Å². The van der Waals surface area contributed by atoms with Gasteiger partial charge >= 0.3 is 0 Å². The summed E-state index contributed by atoms with van der Waals surface area (Å²) in [6, 6.07) is 1.79. The predicted octanol–water partition coefficient (Wildman–Crippen LogP) is 2.43. The Balaban J connectivity index is 0.00000289. The molecule has 0 aliphatic heterocycles. The van der Waals surface area contributed by atoms with Gasteiger partial charge in [-0.3, -0.25) is 4.79 Å². The van der Waals surface area contributed by atoms with Gasteiger partial charge in [0.25, 0.3) is 5.91 Å². The molecule has 3 N–H and O–H groups in total. The van der Waals surface area contributed by atoms with Gasteiger partial charge < -0.3 is 15.8 Å². The van der Waals surface area contributed by atoms with Crippen molar-refractivity contribution in [2.75, 3.05) is 13.7 Å². The summed E-state index contributed by atoms with van der Waals surface area (Å²) in [4.78, 5) is 12.5. The maximum Gasteiger partial charge on any atom is 0.265 e. The number of ether oxygens (including phenoxy) is 1. The van der Waals surface area contributed by atoms with Crippen molar-refractivity contribution in [3.63, 3.8) is 0 Å². The molecule has 0 radical (unpaired) electrons. The molecular formula is C12H21ClN2O2S. The standard InChI is InChI=1S/C12H20N2O2S.ClH/c1-4-12(13,5-2)8-14-11(15)10-9(16-3)6-7-17-10;/h6-7H,4-5,8,13H2,1-3H3,(H,14,15);1H. The minimum Gasteiger partial charge on any atom is -0.495 e. The second kappa shape index (κ2) is 7.61. The summed E-state index contributed by atoms with van der Waals surface area (Å²) >= 11 is 1.37. The van der Waals surface area contributed by atoms with E-state index in [0.29, 0.717) is 17.2 Å². The van der Waals surface area contributed by atoms with Crippen molar-refractivity contribution in [2.45, 2.75) is 32.2 Å². The summed E-state index contributed by atoms with van der Waals surface area (Å²) in [7, 11) is 1.56. The van der Waals surface area contributed by atoms with Crippen LogP contribution in [0.4, 0.5) is 0 Å². The normalized spacial score (nSPS) is 10.7. The number of rotatable bonds is 6. The highest BCUT2D eigenvalue weighted by Crippen LogP contribution is 2.24. The van der Waals surface area contributed by atoms with Crippen molar-refractivity contribution in [3.05, 3.63) is 16.3 Å². The Kier molecular flexibility index (Phi) is 7.28. The molecule has 1 aromatic rings. The summed E-state index contributed by atoms with van der Waals surface area (Å²) in [5, 5.41) is 4.71. The first-order chi connectivity index (χ1) is 8.06. The van der Waals surface area contributed by atoms with Crippen molar-refractivity contribution in [1.29, 1.82) is 0 Å². The van der Waals surface area contributed by atoms with Crippen molar-refractivity contribution in [3.8, 4) is 5.75 Å². The van der Waals surface area contributed by atoms with Gasteiger partial charge in [-0.25, -0.2) is 0 Å². The van der Waals surface area contributed by atoms with E-state index in [9.17, 15) is 4.79 Å². The molecule has 0 bridgehead atoms. The molecule has 1 aromatic heterocycles. The molecule has 0 aliphatic rings. The zero-order valence-corrected chi connectivity index (χ0v) is 12.6. The molecule has 1 rings (SSSR count). The molecule has 0 spiro atoms. The Labute approximate surface area is 118 Å². The van der Waals surface area contributed by atoms with Crippen LogP contribution in [0.3, 0.4) is 0 Å². The van der Waals surface area contributed by atoms with Crippen LogP contribution in [0.5, 0.6) is 5.75 Å². The molecule has 1 amide bonds. The third kappa shape index (κ3) is 4.15. The number of carbonyl (C=O) groups excluding carboxylic acids is 1. The highest BCUT2D eigenvalue weighted by molar-refractivity contribution is 7.12. The minimum atomic E-state index is -0.319.